The van der Waals surface area contributed by atoms with Gasteiger partial charge in [-0.05, 0) is 70.6 Å². The van der Waals surface area contributed by atoms with Gasteiger partial charge in [-0.3, -0.25) is 4.79 Å². The Hall–Kier alpha value is -3.76. The summed E-state index contributed by atoms with van der Waals surface area (Å²) < 4.78 is 11.8. The molecular formula is C30H30N2O6S2. The molecular weight excluding hydrogens is 548 g/mol. The molecule has 5 rings (SSSR count). The molecule has 3 aromatic heterocycles. The third-order valence-corrected chi connectivity index (χ3v) is 9.49. The summed E-state index contributed by atoms with van der Waals surface area (Å²) in [7, 11) is 0. The van der Waals surface area contributed by atoms with Crippen molar-refractivity contribution in [2.24, 2.45) is 4.99 Å². The van der Waals surface area contributed by atoms with Crippen LogP contribution in [0.15, 0.2) is 34.1 Å². The predicted molar refractivity (Wildman–Crippen MR) is 159 cm³/mol. The molecule has 0 fully saturated rings. The molecule has 1 aliphatic rings. The average Bonchev–Trinajstić information content (AvgIpc) is 3.45. The van der Waals surface area contributed by atoms with Crippen LogP contribution in [-0.2, 0) is 22.3 Å². The summed E-state index contributed by atoms with van der Waals surface area (Å²) in [6.45, 7) is 7.67. The fourth-order valence-corrected chi connectivity index (χ4v) is 7.43. The monoisotopic (exact) mass is 578 g/mol. The molecule has 1 aliphatic carbocycles. The maximum atomic E-state index is 13.8. The molecule has 4 aromatic rings. The molecule has 8 nitrogen and oxygen atoms in total. The summed E-state index contributed by atoms with van der Waals surface area (Å²) in [5.74, 6) is -1.30. The lowest BCUT2D eigenvalue weighted by atomic mass is 9.95. The van der Waals surface area contributed by atoms with Crippen LogP contribution in [0.4, 0.5) is 5.00 Å². The normalized spacial score (nSPS) is 13.1. The zero-order valence-corrected chi connectivity index (χ0v) is 24.5. The van der Waals surface area contributed by atoms with Crippen molar-refractivity contribution in [3.63, 3.8) is 0 Å². The number of fused-ring (bicyclic) bond motifs is 2. The highest BCUT2D eigenvalue weighted by atomic mass is 32.1. The SMILES string of the molecule is CCOC(=O)c1c(/N=C/c2c(O)n(-c3sc4c(c3C(=O)OCC)CCCC4)c(=O)c3ccccc23)sc(C)c1C. The van der Waals surface area contributed by atoms with Crippen molar-refractivity contribution in [1.82, 2.24) is 4.57 Å². The van der Waals surface area contributed by atoms with Crippen LogP contribution < -0.4 is 5.56 Å². The van der Waals surface area contributed by atoms with Gasteiger partial charge in [-0.25, -0.2) is 19.1 Å². The quantitative estimate of drug-likeness (QED) is 0.200. The Bertz CT molecular complexity index is 1730. The molecule has 0 atom stereocenters. The fourth-order valence-electron chi connectivity index (χ4n) is 5.07. The van der Waals surface area contributed by atoms with E-state index in [9.17, 15) is 19.5 Å². The van der Waals surface area contributed by atoms with E-state index in [4.69, 9.17) is 9.47 Å². The molecule has 0 bridgehead atoms. The van der Waals surface area contributed by atoms with Gasteiger partial charge in [0, 0.05) is 26.7 Å². The zero-order valence-electron chi connectivity index (χ0n) is 22.8. The maximum Gasteiger partial charge on any atom is 0.341 e. The van der Waals surface area contributed by atoms with Gasteiger partial charge in [0.1, 0.15) is 10.0 Å². The number of nitrogens with zero attached hydrogens (tertiary/aromatic N) is 2. The first-order chi connectivity index (χ1) is 19.3. The van der Waals surface area contributed by atoms with Gasteiger partial charge in [0.25, 0.3) is 5.56 Å². The number of pyridine rings is 1. The van der Waals surface area contributed by atoms with E-state index in [1.165, 1.54) is 33.5 Å². The first-order valence-corrected chi connectivity index (χ1v) is 14.9. The number of hydrogen-bond acceptors (Lipinski definition) is 9. The number of carbonyl (C=O) groups is 2. The molecule has 40 heavy (non-hydrogen) atoms. The predicted octanol–water partition coefficient (Wildman–Crippen LogP) is 6.42. The van der Waals surface area contributed by atoms with E-state index in [0.29, 0.717) is 43.9 Å². The molecule has 0 radical (unpaired) electrons. The van der Waals surface area contributed by atoms with Crippen molar-refractivity contribution in [3.8, 4) is 10.9 Å². The van der Waals surface area contributed by atoms with Gasteiger partial charge >= 0.3 is 11.9 Å². The highest BCUT2D eigenvalue weighted by molar-refractivity contribution is 7.16. The molecule has 0 spiro atoms. The average molecular weight is 579 g/mol. The van der Waals surface area contributed by atoms with E-state index in [0.717, 1.165) is 40.1 Å². The molecule has 10 heteroatoms. The number of aliphatic imine (C=N–C) groups is 1. The van der Waals surface area contributed by atoms with E-state index in [1.54, 1.807) is 38.1 Å². The first-order valence-electron chi connectivity index (χ1n) is 13.3. The summed E-state index contributed by atoms with van der Waals surface area (Å²) >= 11 is 2.70. The van der Waals surface area contributed by atoms with Gasteiger partial charge in [0.05, 0.1) is 29.9 Å². The molecule has 1 aromatic carbocycles. The Balaban J connectivity index is 1.75. The van der Waals surface area contributed by atoms with Crippen molar-refractivity contribution in [3.05, 3.63) is 72.2 Å². The van der Waals surface area contributed by atoms with Crippen molar-refractivity contribution in [1.29, 1.82) is 0 Å². The Morgan fingerprint density at radius 2 is 1.65 bits per heavy atom. The highest BCUT2D eigenvalue weighted by Gasteiger charge is 2.30. The summed E-state index contributed by atoms with van der Waals surface area (Å²) in [5.41, 5.74) is 2.26. The smallest absolute Gasteiger partial charge is 0.341 e. The molecule has 0 aliphatic heterocycles. The van der Waals surface area contributed by atoms with Gasteiger partial charge in [-0.15, -0.1) is 22.7 Å². The molecule has 0 saturated heterocycles. The van der Waals surface area contributed by atoms with Crippen LogP contribution in [0.5, 0.6) is 5.88 Å². The largest absolute Gasteiger partial charge is 0.494 e. The minimum Gasteiger partial charge on any atom is -0.494 e. The number of benzene rings is 1. The van der Waals surface area contributed by atoms with E-state index in [-0.39, 0.29) is 19.1 Å². The number of hydrogen-bond donors (Lipinski definition) is 1. The number of aromatic hydroxyl groups is 1. The lowest BCUT2D eigenvalue weighted by Gasteiger charge is -2.15. The number of aryl methyl sites for hydroxylation is 2. The van der Waals surface area contributed by atoms with Crippen LogP contribution in [0.1, 0.15) is 73.8 Å². The number of rotatable bonds is 7. The third-order valence-electron chi connectivity index (χ3n) is 7.10. The van der Waals surface area contributed by atoms with Crippen molar-refractivity contribution in [2.75, 3.05) is 13.2 Å². The number of thiophene rings is 2. The van der Waals surface area contributed by atoms with E-state index < -0.39 is 17.5 Å². The number of carbonyl (C=O) groups excluding carboxylic acids is 2. The van der Waals surface area contributed by atoms with Crippen molar-refractivity contribution in [2.45, 2.75) is 53.4 Å². The minimum absolute atomic E-state index is 0.196. The van der Waals surface area contributed by atoms with Gasteiger partial charge in [-0.1, -0.05) is 18.2 Å². The maximum absolute atomic E-state index is 13.8. The van der Waals surface area contributed by atoms with E-state index in [2.05, 4.69) is 4.99 Å². The molecule has 0 saturated carbocycles. The summed E-state index contributed by atoms with van der Waals surface area (Å²) in [5, 5.41) is 13.3. The van der Waals surface area contributed by atoms with Crippen LogP contribution in [0.3, 0.4) is 0 Å². The number of esters is 2. The van der Waals surface area contributed by atoms with Crippen LogP contribution >= 0.6 is 22.7 Å². The summed E-state index contributed by atoms with van der Waals surface area (Å²) in [6, 6.07) is 6.96. The minimum atomic E-state index is -0.504. The van der Waals surface area contributed by atoms with Gasteiger partial charge in [0.2, 0.25) is 5.88 Å². The molecule has 3 heterocycles. The second-order valence-corrected chi connectivity index (χ2v) is 11.8. The van der Waals surface area contributed by atoms with Crippen molar-refractivity contribution < 1.29 is 24.2 Å². The van der Waals surface area contributed by atoms with Gasteiger partial charge < -0.3 is 14.6 Å². The third kappa shape index (κ3) is 4.75. The topological polar surface area (TPSA) is 107 Å². The first kappa shape index (κ1) is 27.8. The Morgan fingerprint density at radius 1 is 1.00 bits per heavy atom. The molecule has 0 amide bonds. The number of ether oxygens (including phenoxy) is 2. The number of aromatic nitrogens is 1. The Kier molecular flexibility index (Phi) is 7.91. The standard InChI is InChI=1S/C30H30N2O6S2/c1-5-37-29(35)23-16(3)17(4)39-25(23)31-15-21-18-11-7-8-12-19(18)26(33)32(27(21)34)28-24(30(36)38-6-2)20-13-9-10-14-22(20)40-28/h7-8,11-12,15,34H,5-6,9-10,13-14H2,1-4H3/b31-15+. The Labute approximate surface area is 239 Å². The van der Waals surface area contributed by atoms with Crippen LogP contribution in [0.25, 0.3) is 15.8 Å². The van der Waals surface area contributed by atoms with Crippen LogP contribution in [0.2, 0.25) is 0 Å². The second-order valence-electron chi connectivity index (χ2n) is 9.48. The van der Waals surface area contributed by atoms with Gasteiger partial charge in [0.15, 0.2) is 0 Å². The lowest BCUT2D eigenvalue weighted by molar-refractivity contribution is 0.0516. The lowest BCUT2D eigenvalue weighted by Crippen LogP contribution is -2.22. The fraction of sp³-hybridized carbons (Fsp3) is 0.333. The molecule has 208 valence electrons. The zero-order chi connectivity index (χ0) is 28.6. The summed E-state index contributed by atoms with van der Waals surface area (Å²) in [6.07, 6.45) is 4.92. The highest BCUT2D eigenvalue weighted by Crippen LogP contribution is 2.40. The molecule has 0 unspecified atom stereocenters. The van der Waals surface area contributed by atoms with Crippen molar-refractivity contribution >= 4 is 56.6 Å². The molecule has 1 N–H and O–H groups in total. The second kappa shape index (κ2) is 11.4. The Morgan fingerprint density at radius 3 is 2.35 bits per heavy atom. The van der Waals surface area contributed by atoms with E-state index in [1.807, 2.05) is 13.8 Å². The van der Waals surface area contributed by atoms with Crippen LogP contribution in [-0.4, -0.2) is 41.0 Å². The van der Waals surface area contributed by atoms with Crippen LogP contribution in [0, 0.1) is 13.8 Å². The summed E-state index contributed by atoms with van der Waals surface area (Å²) in [4.78, 5) is 46.3. The van der Waals surface area contributed by atoms with Gasteiger partial charge in [-0.2, -0.15) is 0 Å². The van der Waals surface area contributed by atoms with E-state index >= 15 is 0 Å².